The van der Waals surface area contributed by atoms with Gasteiger partial charge in [0.1, 0.15) is 19.3 Å². The van der Waals surface area contributed by atoms with Crippen molar-refractivity contribution >= 4 is 13.8 Å². The summed E-state index contributed by atoms with van der Waals surface area (Å²) in [5.41, 5.74) is 0. The van der Waals surface area contributed by atoms with E-state index in [9.17, 15) is 14.3 Å². The van der Waals surface area contributed by atoms with Crippen molar-refractivity contribution in [3.05, 3.63) is 97.2 Å². The first-order valence-electron chi connectivity index (χ1n) is 25.0. The number of allylic oxidation sites excluding steroid dienone is 16. The number of ether oxygens (including phenoxy) is 2. The Kier molecular flexibility index (Phi) is 44.1. The number of rotatable bonds is 45. The van der Waals surface area contributed by atoms with E-state index >= 15 is 0 Å². The van der Waals surface area contributed by atoms with Crippen molar-refractivity contribution in [1.82, 2.24) is 0 Å². The molecule has 0 N–H and O–H groups in total. The van der Waals surface area contributed by atoms with Crippen LogP contribution in [0.3, 0.4) is 0 Å². The third-order valence-electron chi connectivity index (χ3n) is 10.1. The van der Waals surface area contributed by atoms with Crippen LogP contribution in [-0.4, -0.2) is 70.7 Å². The Labute approximate surface area is 387 Å². The molecule has 2 atom stereocenters. The fraction of sp³-hybridized carbons (Fsp3) is 0.685. The first kappa shape index (κ1) is 60.4. The van der Waals surface area contributed by atoms with E-state index in [1.807, 2.05) is 21.1 Å². The zero-order valence-electron chi connectivity index (χ0n) is 41.0. The fourth-order valence-corrected chi connectivity index (χ4v) is 7.08. The zero-order chi connectivity index (χ0) is 46.2. The zero-order valence-corrected chi connectivity index (χ0v) is 41.9. The Morgan fingerprint density at radius 1 is 0.492 bits per heavy atom. The molecule has 0 saturated carbocycles. The standard InChI is InChI=1S/C54H94NO7P/c1-6-8-10-12-14-16-18-20-22-24-25-26-27-28-29-30-32-34-36-38-40-42-44-46-49-59-51-53(52-61-63(57,58)60-50-48-55(3,4)5)62-54(56)47-45-43-41-39-37-35-33-31-23-21-19-17-15-13-11-9-7-2/h8-11,14-17,20-23,25-26,33,35,53H,6-7,12-13,18-19,24,27-32,34,36-52H2,1-5H3/b10-8-,11-9-,16-14-,17-15-,22-20-,23-21-,26-25-,35-33-. The van der Waals surface area contributed by atoms with E-state index in [2.05, 4.69) is 111 Å². The van der Waals surface area contributed by atoms with Crippen LogP contribution in [0.2, 0.25) is 0 Å². The van der Waals surface area contributed by atoms with Gasteiger partial charge in [0.25, 0.3) is 7.82 Å². The summed E-state index contributed by atoms with van der Waals surface area (Å²) in [5.74, 6) is -0.361. The van der Waals surface area contributed by atoms with Crippen LogP contribution in [0, 0.1) is 0 Å². The van der Waals surface area contributed by atoms with Crippen LogP contribution in [-0.2, 0) is 27.9 Å². The molecule has 2 unspecified atom stereocenters. The average Bonchev–Trinajstić information content (AvgIpc) is 3.24. The van der Waals surface area contributed by atoms with Crippen molar-refractivity contribution in [2.45, 2.75) is 187 Å². The van der Waals surface area contributed by atoms with Crippen molar-refractivity contribution in [2.24, 2.45) is 0 Å². The van der Waals surface area contributed by atoms with Gasteiger partial charge in [0.2, 0.25) is 0 Å². The van der Waals surface area contributed by atoms with Crippen LogP contribution in [0.5, 0.6) is 0 Å². The minimum absolute atomic E-state index is 0.0152. The summed E-state index contributed by atoms with van der Waals surface area (Å²) in [6.45, 7) is 5.13. The lowest BCUT2D eigenvalue weighted by atomic mass is 10.1. The smallest absolute Gasteiger partial charge is 0.306 e. The maximum Gasteiger partial charge on any atom is 0.306 e. The summed E-state index contributed by atoms with van der Waals surface area (Å²) in [6, 6.07) is 0. The summed E-state index contributed by atoms with van der Waals surface area (Å²) < 4.78 is 34.7. The molecule has 0 aliphatic heterocycles. The minimum Gasteiger partial charge on any atom is -0.756 e. The molecule has 0 spiro atoms. The maximum atomic E-state index is 12.7. The molecule has 0 aromatic carbocycles. The first-order valence-corrected chi connectivity index (χ1v) is 26.4. The molecule has 0 bridgehead atoms. The van der Waals surface area contributed by atoms with Gasteiger partial charge in [-0.05, 0) is 89.9 Å². The molecule has 0 aliphatic rings. The average molecular weight is 900 g/mol. The number of phosphoric acid groups is 1. The Morgan fingerprint density at radius 2 is 0.873 bits per heavy atom. The maximum absolute atomic E-state index is 12.7. The van der Waals surface area contributed by atoms with Crippen LogP contribution in [0.1, 0.15) is 181 Å². The molecular formula is C54H94NO7P. The van der Waals surface area contributed by atoms with Crippen molar-refractivity contribution in [1.29, 1.82) is 0 Å². The second kappa shape index (κ2) is 46.0. The number of unbranched alkanes of at least 4 members (excludes halogenated alkanes) is 15. The third-order valence-corrected chi connectivity index (χ3v) is 11.1. The monoisotopic (exact) mass is 900 g/mol. The van der Waals surface area contributed by atoms with Crippen LogP contribution in [0.25, 0.3) is 0 Å². The number of carbonyl (C=O) groups excluding carboxylic acids is 1. The molecule has 0 radical (unpaired) electrons. The highest BCUT2D eigenvalue weighted by molar-refractivity contribution is 7.45. The molecule has 362 valence electrons. The van der Waals surface area contributed by atoms with Gasteiger partial charge in [0, 0.05) is 13.0 Å². The van der Waals surface area contributed by atoms with E-state index in [0.717, 1.165) is 96.3 Å². The highest BCUT2D eigenvalue weighted by Gasteiger charge is 2.20. The molecule has 0 fully saturated rings. The lowest BCUT2D eigenvalue weighted by Crippen LogP contribution is -2.37. The predicted octanol–water partition coefficient (Wildman–Crippen LogP) is 14.8. The minimum atomic E-state index is -4.54. The van der Waals surface area contributed by atoms with Gasteiger partial charge >= 0.3 is 5.97 Å². The van der Waals surface area contributed by atoms with E-state index < -0.39 is 13.9 Å². The van der Waals surface area contributed by atoms with Crippen molar-refractivity contribution in [2.75, 3.05) is 54.1 Å². The van der Waals surface area contributed by atoms with E-state index in [4.69, 9.17) is 18.5 Å². The van der Waals surface area contributed by atoms with Crippen LogP contribution in [0.4, 0.5) is 0 Å². The lowest BCUT2D eigenvalue weighted by Gasteiger charge is -2.28. The van der Waals surface area contributed by atoms with Crippen molar-refractivity contribution in [3.8, 4) is 0 Å². The molecule has 63 heavy (non-hydrogen) atoms. The van der Waals surface area contributed by atoms with E-state index in [0.29, 0.717) is 17.6 Å². The molecule has 0 aliphatic carbocycles. The summed E-state index contributed by atoms with van der Waals surface area (Å²) >= 11 is 0. The normalized spacial score (nSPS) is 14.4. The first-order chi connectivity index (χ1) is 30.6. The molecule has 8 nitrogen and oxygen atoms in total. The molecule has 9 heteroatoms. The number of nitrogens with zero attached hydrogens (tertiary/aromatic N) is 1. The molecule has 0 heterocycles. The van der Waals surface area contributed by atoms with Crippen molar-refractivity contribution in [3.63, 3.8) is 0 Å². The van der Waals surface area contributed by atoms with Gasteiger partial charge in [-0.1, -0.05) is 182 Å². The summed E-state index contributed by atoms with van der Waals surface area (Å²) in [7, 11) is 1.32. The van der Waals surface area contributed by atoms with E-state index in [1.165, 1.54) is 64.2 Å². The second-order valence-corrected chi connectivity index (χ2v) is 18.8. The number of hydrogen-bond acceptors (Lipinski definition) is 7. The molecular weight excluding hydrogens is 806 g/mol. The number of hydrogen-bond donors (Lipinski definition) is 0. The quantitative estimate of drug-likeness (QED) is 0.0197. The Hall–Kier alpha value is -2.58. The second-order valence-electron chi connectivity index (χ2n) is 17.4. The molecule has 0 amide bonds. The summed E-state index contributed by atoms with van der Waals surface area (Å²) in [4.78, 5) is 25.1. The number of likely N-dealkylation sites (N-methyl/N-ethyl adjacent to an activating group) is 1. The fourth-order valence-electron chi connectivity index (χ4n) is 6.35. The predicted molar refractivity (Wildman–Crippen MR) is 268 cm³/mol. The van der Waals surface area contributed by atoms with Gasteiger partial charge in [0.15, 0.2) is 0 Å². The number of quaternary nitrogens is 1. The van der Waals surface area contributed by atoms with Gasteiger partial charge in [-0.15, -0.1) is 0 Å². The Balaban J connectivity index is 4.19. The summed E-state index contributed by atoms with van der Waals surface area (Å²) in [6.07, 6.45) is 62.9. The van der Waals surface area contributed by atoms with Gasteiger partial charge in [-0.2, -0.15) is 0 Å². The Morgan fingerprint density at radius 3 is 1.30 bits per heavy atom. The number of esters is 1. The molecule has 0 aromatic heterocycles. The van der Waals surface area contributed by atoms with Gasteiger partial charge in [0.05, 0.1) is 34.4 Å². The molecule has 0 aromatic rings. The topological polar surface area (TPSA) is 94.1 Å². The van der Waals surface area contributed by atoms with Crippen molar-refractivity contribution < 1.29 is 37.3 Å². The Bertz CT molecular complexity index is 1320. The molecule has 0 rings (SSSR count). The SMILES string of the molecule is CC/C=C\C/C=C\C/C=C\C/C=C\CCCCCCCCCCCCCOCC(COP(=O)([O-])OCC[N+](C)(C)C)OC(=O)CCCCCC/C=C\C/C=C\C/C=C\C/C=C\CC. The third kappa shape index (κ3) is 50.3. The highest BCUT2D eigenvalue weighted by Crippen LogP contribution is 2.38. The van der Waals surface area contributed by atoms with Gasteiger partial charge in [-0.25, -0.2) is 0 Å². The number of phosphoric ester groups is 1. The molecule has 0 saturated heterocycles. The van der Waals surface area contributed by atoms with Crippen LogP contribution < -0.4 is 4.89 Å². The number of carbonyl (C=O) groups is 1. The van der Waals surface area contributed by atoms with E-state index in [-0.39, 0.29) is 32.2 Å². The van der Waals surface area contributed by atoms with Crippen LogP contribution in [0.15, 0.2) is 97.2 Å². The van der Waals surface area contributed by atoms with Gasteiger partial charge in [-0.3, -0.25) is 9.36 Å². The largest absolute Gasteiger partial charge is 0.756 e. The van der Waals surface area contributed by atoms with Crippen LogP contribution >= 0.6 is 7.82 Å². The summed E-state index contributed by atoms with van der Waals surface area (Å²) in [5, 5.41) is 0. The van der Waals surface area contributed by atoms with E-state index in [1.54, 1.807) is 0 Å². The lowest BCUT2D eigenvalue weighted by molar-refractivity contribution is -0.870. The van der Waals surface area contributed by atoms with Gasteiger partial charge < -0.3 is 27.9 Å². The highest BCUT2D eigenvalue weighted by atomic mass is 31.2.